The van der Waals surface area contributed by atoms with Crippen LogP contribution in [0.25, 0.3) is 0 Å². The van der Waals surface area contributed by atoms with E-state index in [-0.39, 0.29) is 5.41 Å². The van der Waals surface area contributed by atoms with Crippen molar-refractivity contribution < 1.29 is 0 Å². The third-order valence-electron chi connectivity index (χ3n) is 2.01. The molecule has 11 heavy (non-hydrogen) atoms. The van der Waals surface area contributed by atoms with Gasteiger partial charge in [-0.2, -0.15) is 5.26 Å². The summed E-state index contributed by atoms with van der Waals surface area (Å²) in [4.78, 5) is 0. The minimum atomic E-state index is -0.155. The standard InChI is InChI=1S/C10H17N/c1-5-10(4,8-11)7-6-9(2)3/h6H,5,7H2,1-4H3/t10-/m0/s1. The fourth-order valence-corrected chi connectivity index (χ4v) is 0.698. The van der Waals surface area contributed by atoms with Crippen LogP contribution in [-0.2, 0) is 0 Å². The van der Waals surface area contributed by atoms with Crippen LogP contribution in [0.15, 0.2) is 11.6 Å². The Labute approximate surface area is 69.7 Å². The minimum absolute atomic E-state index is 0.155. The number of allylic oxidation sites excluding steroid dienone is 2. The van der Waals surface area contributed by atoms with Gasteiger partial charge in [0.25, 0.3) is 0 Å². The van der Waals surface area contributed by atoms with Gasteiger partial charge in [0, 0.05) is 0 Å². The molecule has 0 rings (SSSR count). The predicted octanol–water partition coefficient (Wildman–Crippen LogP) is 3.28. The van der Waals surface area contributed by atoms with Gasteiger partial charge in [0.2, 0.25) is 0 Å². The molecule has 0 aromatic carbocycles. The molecule has 0 aliphatic carbocycles. The molecule has 62 valence electrons. The van der Waals surface area contributed by atoms with Crippen LogP contribution in [-0.4, -0.2) is 0 Å². The second-order valence-electron chi connectivity index (χ2n) is 3.51. The summed E-state index contributed by atoms with van der Waals surface area (Å²) in [6, 6.07) is 2.34. The lowest BCUT2D eigenvalue weighted by atomic mass is 9.85. The summed E-state index contributed by atoms with van der Waals surface area (Å²) < 4.78 is 0. The Kier molecular flexibility index (Phi) is 3.89. The van der Waals surface area contributed by atoms with E-state index in [0.717, 1.165) is 12.8 Å². The first kappa shape index (κ1) is 10.2. The van der Waals surface area contributed by atoms with Crippen LogP contribution in [0.5, 0.6) is 0 Å². The zero-order valence-corrected chi connectivity index (χ0v) is 7.94. The Morgan fingerprint density at radius 1 is 1.55 bits per heavy atom. The largest absolute Gasteiger partial charge is 0.198 e. The summed E-state index contributed by atoms with van der Waals surface area (Å²) in [6.45, 7) is 8.19. The maximum atomic E-state index is 8.82. The molecule has 0 unspecified atom stereocenters. The Balaban J connectivity index is 4.12. The van der Waals surface area contributed by atoms with Gasteiger partial charge in [-0.05, 0) is 33.6 Å². The maximum absolute atomic E-state index is 8.82. The molecule has 0 N–H and O–H groups in total. The minimum Gasteiger partial charge on any atom is -0.198 e. The van der Waals surface area contributed by atoms with Crippen molar-refractivity contribution >= 4 is 0 Å². The highest BCUT2D eigenvalue weighted by molar-refractivity contribution is 5.03. The second kappa shape index (κ2) is 4.18. The van der Waals surface area contributed by atoms with Crippen molar-refractivity contribution in [2.24, 2.45) is 5.41 Å². The van der Waals surface area contributed by atoms with E-state index in [1.807, 2.05) is 6.92 Å². The van der Waals surface area contributed by atoms with Gasteiger partial charge in [-0.25, -0.2) is 0 Å². The van der Waals surface area contributed by atoms with Crippen LogP contribution in [0.1, 0.15) is 40.5 Å². The van der Waals surface area contributed by atoms with E-state index < -0.39 is 0 Å². The number of rotatable bonds is 3. The van der Waals surface area contributed by atoms with Crippen LogP contribution >= 0.6 is 0 Å². The molecule has 0 aliphatic heterocycles. The van der Waals surface area contributed by atoms with E-state index in [0.29, 0.717) is 0 Å². The molecule has 0 spiro atoms. The summed E-state index contributed by atoms with van der Waals surface area (Å²) in [7, 11) is 0. The summed E-state index contributed by atoms with van der Waals surface area (Å²) in [5.74, 6) is 0. The highest BCUT2D eigenvalue weighted by atomic mass is 14.3. The predicted molar refractivity (Wildman–Crippen MR) is 48.1 cm³/mol. The zero-order valence-electron chi connectivity index (χ0n) is 7.94. The van der Waals surface area contributed by atoms with Crippen molar-refractivity contribution in [2.45, 2.75) is 40.5 Å². The third-order valence-corrected chi connectivity index (χ3v) is 2.01. The molecule has 1 atom stereocenters. The monoisotopic (exact) mass is 151 g/mol. The normalized spacial score (nSPS) is 14.8. The van der Waals surface area contributed by atoms with E-state index in [9.17, 15) is 0 Å². The van der Waals surface area contributed by atoms with Gasteiger partial charge < -0.3 is 0 Å². The topological polar surface area (TPSA) is 23.8 Å². The maximum Gasteiger partial charge on any atom is 0.0689 e. The highest BCUT2D eigenvalue weighted by Crippen LogP contribution is 2.25. The lowest BCUT2D eigenvalue weighted by molar-refractivity contribution is 0.431. The van der Waals surface area contributed by atoms with Crippen molar-refractivity contribution in [3.05, 3.63) is 11.6 Å². The van der Waals surface area contributed by atoms with Crippen LogP contribution in [0.2, 0.25) is 0 Å². The van der Waals surface area contributed by atoms with E-state index in [2.05, 4.69) is 32.9 Å². The first-order valence-corrected chi connectivity index (χ1v) is 4.08. The molecule has 0 saturated heterocycles. The Hall–Kier alpha value is -0.770. The van der Waals surface area contributed by atoms with Crippen molar-refractivity contribution in [3.63, 3.8) is 0 Å². The molecule has 0 saturated carbocycles. The Morgan fingerprint density at radius 3 is 2.36 bits per heavy atom. The Bertz CT molecular complexity index is 182. The molecule has 0 heterocycles. The van der Waals surface area contributed by atoms with Gasteiger partial charge in [0.15, 0.2) is 0 Å². The van der Waals surface area contributed by atoms with Crippen LogP contribution < -0.4 is 0 Å². The van der Waals surface area contributed by atoms with E-state index in [1.165, 1.54) is 5.57 Å². The summed E-state index contributed by atoms with van der Waals surface area (Å²) in [6.07, 6.45) is 3.93. The van der Waals surface area contributed by atoms with Crippen LogP contribution in [0.4, 0.5) is 0 Å². The quantitative estimate of drug-likeness (QED) is 0.568. The van der Waals surface area contributed by atoms with Gasteiger partial charge in [0.05, 0.1) is 11.5 Å². The van der Waals surface area contributed by atoms with Gasteiger partial charge in [-0.1, -0.05) is 18.6 Å². The molecule has 0 fully saturated rings. The molecule has 0 aromatic rings. The molecule has 0 amide bonds. The zero-order chi connectivity index (χ0) is 8.91. The third kappa shape index (κ3) is 3.83. The highest BCUT2D eigenvalue weighted by Gasteiger charge is 2.18. The Morgan fingerprint density at radius 2 is 2.09 bits per heavy atom. The number of nitriles is 1. The van der Waals surface area contributed by atoms with Gasteiger partial charge in [-0.3, -0.25) is 0 Å². The first-order valence-electron chi connectivity index (χ1n) is 4.08. The number of hydrogen-bond donors (Lipinski definition) is 0. The van der Waals surface area contributed by atoms with Gasteiger partial charge >= 0.3 is 0 Å². The summed E-state index contributed by atoms with van der Waals surface area (Å²) >= 11 is 0. The molecule has 1 heteroatoms. The van der Waals surface area contributed by atoms with Crippen molar-refractivity contribution in [1.29, 1.82) is 5.26 Å². The van der Waals surface area contributed by atoms with Crippen LogP contribution in [0, 0.1) is 16.7 Å². The van der Waals surface area contributed by atoms with Crippen molar-refractivity contribution in [1.82, 2.24) is 0 Å². The molecule has 0 aliphatic rings. The lowest BCUT2D eigenvalue weighted by Crippen LogP contribution is -2.10. The van der Waals surface area contributed by atoms with E-state index >= 15 is 0 Å². The van der Waals surface area contributed by atoms with Crippen molar-refractivity contribution in [2.75, 3.05) is 0 Å². The molecular formula is C10H17N. The fourth-order valence-electron chi connectivity index (χ4n) is 0.698. The number of hydrogen-bond acceptors (Lipinski definition) is 1. The average Bonchev–Trinajstić information content (AvgIpc) is 2.00. The molecule has 1 nitrogen and oxygen atoms in total. The SMILES string of the molecule is CC[C@](C)(C#N)CC=C(C)C. The first-order chi connectivity index (χ1) is 5.04. The van der Waals surface area contributed by atoms with Crippen molar-refractivity contribution in [3.8, 4) is 6.07 Å². The molecule has 0 aromatic heterocycles. The van der Waals surface area contributed by atoms with E-state index in [4.69, 9.17) is 5.26 Å². The molecule has 0 radical (unpaired) electrons. The molecular weight excluding hydrogens is 134 g/mol. The summed E-state index contributed by atoms with van der Waals surface area (Å²) in [5.41, 5.74) is 1.14. The van der Waals surface area contributed by atoms with Gasteiger partial charge in [0.1, 0.15) is 0 Å². The number of nitrogens with zero attached hydrogens (tertiary/aromatic N) is 1. The average molecular weight is 151 g/mol. The van der Waals surface area contributed by atoms with E-state index in [1.54, 1.807) is 0 Å². The smallest absolute Gasteiger partial charge is 0.0689 e. The van der Waals surface area contributed by atoms with Crippen LogP contribution in [0.3, 0.4) is 0 Å². The van der Waals surface area contributed by atoms with Gasteiger partial charge in [-0.15, -0.1) is 0 Å². The summed E-state index contributed by atoms with van der Waals surface area (Å²) in [5, 5.41) is 8.82. The second-order valence-corrected chi connectivity index (χ2v) is 3.51. The lowest BCUT2D eigenvalue weighted by Gasteiger charge is -2.16. The molecule has 0 bridgehead atoms. The fraction of sp³-hybridized carbons (Fsp3) is 0.700.